The average Bonchev–Trinajstić information content (AvgIpc) is 2.12. The van der Waals surface area contributed by atoms with Crippen LogP contribution in [0.25, 0.3) is 0 Å². The maximum atomic E-state index is 11.4. The SMILES string of the molecule is CC(C)(SC=S)C(=O)OCCCCO. The zero-order chi connectivity index (χ0) is 11.0. The molecule has 0 radical (unpaired) electrons. The standard InChI is InChI=1S/C9H16O3S2/c1-9(2,14-7-13)8(11)12-6-4-3-5-10/h7,10H,3-6H2,1-2H3. The summed E-state index contributed by atoms with van der Waals surface area (Å²) in [5.74, 6) is -0.262. The van der Waals surface area contributed by atoms with E-state index >= 15 is 0 Å². The molecule has 0 saturated carbocycles. The van der Waals surface area contributed by atoms with Crippen molar-refractivity contribution in [2.24, 2.45) is 0 Å². The Balaban J connectivity index is 3.77. The quantitative estimate of drug-likeness (QED) is 0.415. The first-order valence-electron chi connectivity index (χ1n) is 4.44. The zero-order valence-electron chi connectivity index (χ0n) is 8.49. The number of aliphatic hydroxyl groups excluding tert-OH is 1. The molecule has 0 spiro atoms. The highest BCUT2D eigenvalue weighted by atomic mass is 32.2. The Labute approximate surface area is 94.2 Å². The molecule has 0 aromatic carbocycles. The molecule has 0 rings (SSSR count). The molecular formula is C9H16O3S2. The summed E-state index contributed by atoms with van der Waals surface area (Å²) >= 11 is 5.94. The number of hydrogen-bond acceptors (Lipinski definition) is 5. The molecule has 0 bridgehead atoms. The maximum Gasteiger partial charge on any atom is 0.322 e. The minimum absolute atomic E-state index is 0.135. The van der Waals surface area contributed by atoms with Gasteiger partial charge in [-0.15, -0.1) is 11.8 Å². The first kappa shape index (κ1) is 13.9. The van der Waals surface area contributed by atoms with E-state index in [4.69, 9.17) is 9.84 Å². The van der Waals surface area contributed by atoms with Crippen LogP contribution < -0.4 is 0 Å². The Kier molecular flexibility index (Phi) is 7.13. The minimum atomic E-state index is -0.610. The second kappa shape index (κ2) is 7.20. The van der Waals surface area contributed by atoms with Crippen LogP contribution in [-0.4, -0.2) is 33.7 Å². The van der Waals surface area contributed by atoms with Crippen LogP contribution in [0.15, 0.2) is 0 Å². The maximum absolute atomic E-state index is 11.4. The molecule has 0 unspecified atom stereocenters. The summed E-state index contributed by atoms with van der Waals surface area (Å²) in [6.45, 7) is 4.04. The zero-order valence-corrected chi connectivity index (χ0v) is 10.1. The monoisotopic (exact) mass is 236 g/mol. The molecule has 0 fully saturated rings. The van der Waals surface area contributed by atoms with Crippen molar-refractivity contribution in [1.29, 1.82) is 0 Å². The fourth-order valence-corrected chi connectivity index (χ4v) is 1.84. The molecule has 1 N–H and O–H groups in total. The van der Waals surface area contributed by atoms with Crippen molar-refractivity contribution >= 4 is 34.6 Å². The molecule has 0 aliphatic carbocycles. The van der Waals surface area contributed by atoms with E-state index in [0.717, 1.165) is 0 Å². The summed E-state index contributed by atoms with van der Waals surface area (Å²) in [5.41, 5.74) is 0. The predicted molar refractivity (Wildman–Crippen MR) is 62.6 cm³/mol. The molecule has 82 valence electrons. The van der Waals surface area contributed by atoms with Crippen LogP contribution in [0.4, 0.5) is 0 Å². The highest BCUT2D eigenvalue weighted by molar-refractivity contribution is 8.22. The van der Waals surface area contributed by atoms with Crippen molar-refractivity contribution < 1.29 is 14.6 Å². The van der Waals surface area contributed by atoms with Gasteiger partial charge >= 0.3 is 5.97 Å². The number of rotatable bonds is 7. The van der Waals surface area contributed by atoms with Crippen molar-refractivity contribution in [3.05, 3.63) is 0 Å². The summed E-state index contributed by atoms with van der Waals surface area (Å²) in [5, 5.41) is 8.51. The van der Waals surface area contributed by atoms with Gasteiger partial charge in [0.05, 0.1) is 6.61 Å². The Hall–Kier alpha value is -0.130. The average molecular weight is 236 g/mol. The highest BCUT2D eigenvalue weighted by Gasteiger charge is 2.28. The predicted octanol–water partition coefficient (Wildman–Crippen LogP) is 1.77. The van der Waals surface area contributed by atoms with Gasteiger partial charge in [0.15, 0.2) is 0 Å². The number of carbonyl (C=O) groups is 1. The number of unbranched alkanes of at least 4 members (excludes halogenated alkanes) is 1. The van der Waals surface area contributed by atoms with E-state index in [2.05, 4.69) is 12.2 Å². The van der Waals surface area contributed by atoms with Gasteiger partial charge in [0.25, 0.3) is 0 Å². The van der Waals surface area contributed by atoms with Crippen molar-refractivity contribution in [1.82, 2.24) is 0 Å². The molecule has 0 aliphatic heterocycles. The van der Waals surface area contributed by atoms with E-state index in [0.29, 0.717) is 19.4 Å². The molecule has 14 heavy (non-hydrogen) atoms. The third kappa shape index (κ3) is 5.57. The number of thiocarbonyl (C=S) groups is 1. The van der Waals surface area contributed by atoms with Crippen molar-refractivity contribution in [2.75, 3.05) is 13.2 Å². The van der Waals surface area contributed by atoms with E-state index in [9.17, 15) is 4.79 Å². The van der Waals surface area contributed by atoms with Gasteiger partial charge in [-0.05, 0) is 26.7 Å². The van der Waals surface area contributed by atoms with Gasteiger partial charge < -0.3 is 9.84 Å². The van der Waals surface area contributed by atoms with Gasteiger partial charge in [0, 0.05) is 11.3 Å². The molecule has 0 aliphatic rings. The molecule has 0 aromatic heterocycles. The number of esters is 1. The molecule has 0 saturated heterocycles. The van der Waals surface area contributed by atoms with Gasteiger partial charge in [0.2, 0.25) is 0 Å². The Morgan fingerprint density at radius 1 is 1.57 bits per heavy atom. The van der Waals surface area contributed by atoms with Crippen LogP contribution in [0.2, 0.25) is 0 Å². The number of ether oxygens (including phenoxy) is 1. The van der Waals surface area contributed by atoms with E-state index in [1.807, 2.05) is 0 Å². The molecule has 3 nitrogen and oxygen atoms in total. The van der Waals surface area contributed by atoms with Gasteiger partial charge in [-0.25, -0.2) is 0 Å². The van der Waals surface area contributed by atoms with Crippen molar-refractivity contribution in [2.45, 2.75) is 31.4 Å². The number of thioether (sulfide) groups is 1. The van der Waals surface area contributed by atoms with Gasteiger partial charge in [-0.2, -0.15) is 0 Å². The lowest BCUT2D eigenvalue weighted by Gasteiger charge is -2.19. The first-order valence-corrected chi connectivity index (χ1v) is 5.79. The van der Waals surface area contributed by atoms with Crippen molar-refractivity contribution in [3.8, 4) is 0 Å². The summed E-state index contributed by atoms with van der Waals surface area (Å²) in [6.07, 6.45) is 1.36. The van der Waals surface area contributed by atoms with Crippen LogP contribution in [0.5, 0.6) is 0 Å². The van der Waals surface area contributed by atoms with Gasteiger partial charge in [-0.1, -0.05) is 12.2 Å². The first-order chi connectivity index (χ1) is 6.54. The van der Waals surface area contributed by atoms with Gasteiger partial charge in [-0.3, -0.25) is 4.79 Å². The summed E-state index contributed by atoms with van der Waals surface area (Å²) in [7, 11) is 0. The van der Waals surface area contributed by atoms with Crippen molar-refractivity contribution in [3.63, 3.8) is 0 Å². The largest absolute Gasteiger partial charge is 0.465 e. The Bertz CT molecular complexity index is 192. The van der Waals surface area contributed by atoms with E-state index in [1.165, 1.54) is 16.5 Å². The lowest BCUT2D eigenvalue weighted by molar-refractivity contribution is -0.145. The molecule has 0 amide bonds. The second-order valence-corrected chi connectivity index (χ2v) is 5.32. The number of carbonyl (C=O) groups excluding carboxylic acids is 1. The molecule has 0 atom stereocenters. The van der Waals surface area contributed by atoms with E-state index < -0.39 is 4.75 Å². The fraction of sp³-hybridized carbons (Fsp3) is 0.778. The smallest absolute Gasteiger partial charge is 0.322 e. The summed E-state index contributed by atoms with van der Waals surface area (Å²) in [6, 6.07) is 0. The summed E-state index contributed by atoms with van der Waals surface area (Å²) in [4.78, 5) is 11.4. The van der Waals surface area contributed by atoms with Gasteiger partial charge in [0.1, 0.15) is 4.75 Å². The van der Waals surface area contributed by atoms with E-state index in [-0.39, 0.29) is 12.6 Å². The molecular weight excluding hydrogens is 220 g/mol. The molecule has 0 aromatic rings. The molecule has 0 heterocycles. The third-order valence-corrected chi connectivity index (χ3v) is 2.76. The van der Waals surface area contributed by atoms with Crippen LogP contribution in [0.3, 0.4) is 0 Å². The normalized spacial score (nSPS) is 11.1. The van der Waals surface area contributed by atoms with E-state index in [1.54, 1.807) is 13.8 Å². The van der Waals surface area contributed by atoms with Crippen LogP contribution in [-0.2, 0) is 9.53 Å². The van der Waals surface area contributed by atoms with Crippen LogP contribution >= 0.6 is 24.0 Å². The Morgan fingerprint density at radius 3 is 2.71 bits per heavy atom. The Morgan fingerprint density at radius 2 is 2.21 bits per heavy atom. The number of aliphatic hydroxyl groups is 1. The van der Waals surface area contributed by atoms with Crippen LogP contribution in [0, 0.1) is 0 Å². The minimum Gasteiger partial charge on any atom is -0.465 e. The third-order valence-electron chi connectivity index (χ3n) is 1.62. The lowest BCUT2D eigenvalue weighted by Crippen LogP contribution is -2.30. The molecule has 5 heteroatoms. The summed E-state index contributed by atoms with van der Waals surface area (Å²) < 4.78 is 5.88. The fourth-order valence-electron chi connectivity index (χ4n) is 0.721. The highest BCUT2D eigenvalue weighted by Crippen LogP contribution is 2.23. The number of hydrogen-bond donors (Lipinski definition) is 1. The lowest BCUT2D eigenvalue weighted by atomic mass is 10.2. The van der Waals surface area contributed by atoms with Crippen LogP contribution in [0.1, 0.15) is 26.7 Å². The second-order valence-electron chi connectivity index (χ2n) is 3.29. The topological polar surface area (TPSA) is 46.5 Å².